The number of hydrogen-bond acceptors (Lipinski definition) is 4. The summed E-state index contributed by atoms with van der Waals surface area (Å²) in [5.74, 6) is 2.02. The maximum absolute atomic E-state index is 9.19. The monoisotopic (exact) mass is 949 g/mol. The largest absolute Gasteiger partial charge is 0.455 e. The standard InChI is InChI=1S/C39H32OP2.C12H11N.CH4O3S.Pd/c1-39(2)33-25-15-27-35(41(29-17-7-3-8-18-29)30-19-9-4-10-20-30)37(33)40-38-34(39)26-16-28-36(38)42(31-21-11-5-12-22-31)32-23-13-6-14-24-32;13-12-9-5-4-8-11(12)10-6-2-1-3-7-10;1-5(2,3)4;/h3-28H,1-2H3;1-9H,13H2;1H3,(H,2,3,4);. The summed E-state index contributed by atoms with van der Waals surface area (Å²) in [5, 5.41) is 7.81. The van der Waals surface area contributed by atoms with Gasteiger partial charge in [-0.15, -0.1) is 0 Å². The van der Waals surface area contributed by atoms with Crippen LogP contribution in [-0.4, -0.2) is 19.2 Å². The van der Waals surface area contributed by atoms with Crippen LogP contribution in [0.1, 0.15) is 25.0 Å². The van der Waals surface area contributed by atoms with Crippen LogP contribution in [0, 0.1) is 0 Å². The van der Waals surface area contributed by atoms with E-state index < -0.39 is 26.0 Å². The van der Waals surface area contributed by atoms with Crippen LogP contribution in [0.5, 0.6) is 11.5 Å². The molecule has 9 rings (SSSR count). The van der Waals surface area contributed by atoms with Crippen LogP contribution < -0.4 is 42.3 Å². The number of rotatable bonds is 7. The first-order valence-corrected chi connectivity index (χ1v) is 24.1. The number of nitrogen functional groups attached to an aromatic ring is 1. The molecule has 9 heteroatoms. The molecular weight excluding hydrogens is 903 g/mol. The Balaban J connectivity index is 0.000000272. The van der Waals surface area contributed by atoms with Crippen molar-refractivity contribution >= 4 is 63.5 Å². The number of anilines is 1. The predicted molar refractivity (Wildman–Crippen MR) is 256 cm³/mol. The van der Waals surface area contributed by atoms with Gasteiger partial charge in [-0.05, 0) is 48.7 Å². The van der Waals surface area contributed by atoms with Gasteiger partial charge >= 0.3 is 0 Å². The summed E-state index contributed by atoms with van der Waals surface area (Å²) in [6.07, 6.45) is 0.715. The van der Waals surface area contributed by atoms with Gasteiger partial charge in [0, 0.05) is 58.8 Å². The zero-order valence-corrected chi connectivity index (χ0v) is 38.2. The van der Waals surface area contributed by atoms with Crippen LogP contribution in [0.15, 0.2) is 212 Å². The molecule has 0 aliphatic carbocycles. The summed E-state index contributed by atoms with van der Waals surface area (Å²) in [7, 11) is -5.31. The molecule has 1 heterocycles. The first kappa shape index (κ1) is 45.3. The van der Waals surface area contributed by atoms with E-state index >= 15 is 0 Å². The van der Waals surface area contributed by atoms with E-state index in [0.29, 0.717) is 6.26 Å². The molecule has 8 aromatic carbocycles. The molecule has 1 aliphatic rings. The van der Waals surface area contributed by atoms with Crippen molar-refractivity contribution in [1.29, 1.82) is 0 Å². The van der Waals surface area contributed by atoms with Gasteiger partial charge in [0.05, 0.1) is 6.26 Å². The molecule has 0 bridgehead atoms. The zero-order chi connectivity index (χ0) is 42.1. The fraction of sp³-hybridized carbons (Fsp3) is 0.0769. The van der Waals surface area contributed by atoms with Gasteiger partial charge in [-0.2, -0.15) is 8.42 Å². The molecule has 310 valence electrons. The quantitative estimate of drug-likeness (QED) is 0.0719. The second kappa shape index (κ2) is 20.6. The molecule has 0 fully saturated rings. The van der Waals surface area contributed by atoms with Gasteiger partial charge < -0.3 is 10.5 Å². The van der Waals surface area contributed by atoms with E-state index in [1.54, 1.807) is 0 Å². The van der Waals surface area contributed by atoms with Crippen molar-refractivity contribution in [3.05, 3.63) is 223 Å². The van der Waals surface area contributed by atoms with Gasteiger partial charge in [-0.25, -0.2) is 0 Å². The number of para-hydroxylation sites is 3. The van der Waals surface area contributed by atoms with Crippen molar-refractivity contribution in [2.75, 3.05) is 12.0 Å². The molecule has 3 N–H and O–H groups in total. The van der Waals surface area contributed by atoms with Crippen molar-refractivity contribution < 1.29 is 38.1 Å². The maximum atomic E-state index is 9.19. The Morgan fingerprint density at radius 2 is 0.787 bits per heavy atom. The average molecular weight is 950 g/mol. The molecule has 0 aromatic heterocycles. The van der Waals surface area contributed by atoms with Gasteiger partial charge in [0.1, 0.15) is 11.5 Å². The summed E-state index contributed by atoms with van der Waals surface area (Å²) < 4.78 is 33.1. The molecular formula is C52H47NO4P2PdS. The number of nitrogens with two attached hydrogens (primary N) is 1. The van der Waals surface area contributed by atoms with E-state index in [1.807, 2.05) is 42.5 Å². The first-order chi connectivity index (χ1) is 29.0. The fourth-order valence-electron chi connectivity index (χ4n) is 7.39. The van der Waals surface area contributed by atoms with Crippen molar-refractivity contribution in [1.82, 2.24) is 0 Å². The minimum atomic E-state index is -3.67. The van der Waals surface area contributed by atoms with Crippen LogP contribution in [0.2, 0.25) is 0 Å². The Labute approximate surface area is 376 Å². The minimum absolute atomic E-state index is 0. The minimum Gasteiger partial charge on any atom is -0.455 e. The fourth-order valence-corrected chi connectivity index (χ4v) is 12.2. The molecule has 0 unspecified atom stereocenters. The molecule has 8 aromatic rings. The number of fused-ring (bicyclic) bond motifs is 2. The van der Waals surface area contributed by atoms with Gasteiger partial charge in [0.15, 0.2) is 0 Å². The molecule has 5 nitrogen and oxygen atoms in total. The zero-order valence-electron chi connectivity index (χ0n) is 34.1. The second-order valence-electron chi connectivity index (χ2n) is 14.7. The predicted octanol–water partition coefficient (Wildman–Crippen LogP) is 10.1. The molecule has 0 atom stereocenters. The van der Waals surface area contributed by atoms with Gasteiger partial charge in [0.2, 0.25) is 0 Å². The van der Waals surface area contributed by atoms with Crippen molar-refractivity contribution in [2.24, 2.45) is 0 Å². The Morgan fingerprint density at radius 1 is 0.475 bits per heavy atom. The molecule has 0 saturated carbocycles. The summed E-state index contributed by atoms with van der Waals surface area (Å²) in [5.41, 5.74) is 11.2. The molecule has 0 saturated heterocycles. The Morgan fingerprint density at radius 3 is 1.13 bits per heavy atom. The van der Waals surface area contributed by atoms with Crippen LogP contribution in [-0.2, 0) is 36.0 Å². The Hall–Kier alpha value is -5.21. The van der Waals surface area contributed by atoms with E-state index in [1.165, 1.54) is 48.5 Å². The Bertz CT molecular complexity index is 2540. The summed E-state index contributed by atoms with van der Waals surface area (Å²) in [6, 6.07) is 75.2. The summed E-state index contributed by atoms with van der Waals surface area (Å²) >= 11 is 0. The van der Waals surface area contributed by atoms with E-state index in [0.717, 1.165) is 22.7 Å². The van der Waals surface area contributed by atoms with E-state index in [9.17, 15) is 8.42 Å². The number of ether oxygens (including phenoxy) is 1. The maximum Gasteiger partial charge on any atom is 0.261 e. The number of hydrogen-bond donors (Lipinski definition) is 2. The van der Waals surface area contributed by atoms with Crippen LogP contribution >= 0.6 is 15.8 Å². The van der Waals surface area contributed by atoms with Crippen molar-refractivity contribution in [3.8, 4) is 22.6 Å². The number of benzene rings is 8. The third kappa shape index (κ3) is 11.0. The van der Waals surface area contributed by atoms with Crippen molar-refractivity contribution in [3.63, 3.8) is 0 Å². The third-order valence-corrected chi connectivity index (χ3v) is 15.1. The van der Waals surface area contributed by atoms with Crippen LogP contribution in [0.25, 0.3) is 11.1 Å². The first-order valence-electron chi connectivity index (χ1n) is 19.6. The second-order valence-corrected chi connectivity index (χ2v) is 20.6. The molecule has 0 radical (unpaired) electrons. The SMILES string of the molecule is CC1(C)c2cccc(P(c3ccccc3)c3ccccc3)c2Oc2c(P(c3ccccc3)c3ccccc3)cccc21.CS(=O)(=O)O.Nc1ccccc1-c1ccccc1.[Pd]. The summed E-state index contributed by atoms with van der Waals surface area (Å²) in [4.78, 5) is 0. The van der Waals surface area contributed by atoms with Crippen LogP contribution in [0.3, 0.4) is 0 Å². The van der Waals surface area contributed by atoms with Gasteiger partial charge in [0.25, 0.3) is 10.1 Å². The van der Waals surface area contributed by atoms with Gasteiger partial charge in [-0.1, -0.05) is 220 Å². The molecule has 0 spiro atoms. The van der Waals surface area contributed by atoms with E-state index in [-0.39, 0.29) is 25.8 Å². The third-order valence-electron chi connectivity index (χ3n) is 10.1. The smallest absolute Gasteiger partial charge is 0.261 e. The van der Waals surface area contributed by atoms with Crippen LogP contribution in [0.4, 0.5) is 5.69 Å². The topological polar surface area (TPSA) is 89.6 Å². The summed E-state index contributed by atoms with van der Waals surface area (Å²) in [6.45, 7) is 4.70. The van der Waals surface area contributed by atoms with E-state index in [4.69, 9.17) is 15.0 Å². The van der Waals surface area contributed by atoms with Gasteiger partial charge in [-0.3, -0.25) is 4.55 Å². The molecule has 0 amide bonds. The van der Waals surface area contributed by atoms with E-state index in [2.05, 4.69) is 184 Å². The normalized spacial score (nSPS) is 12.2. The molecule has 1 aliphatic heterocycles. The molecule has 61 heavy (non-hydrogen) atoms. The average Bonchev–Trinajstić information content (AvgIpc) is 3.26. The van der Waals surface area contributed by atoms with Crippen molar-refractivity contribution in [2.45, 2.75) is 19.3 Å². The Kier molecular flexibility index (Phi) is 15.3.